The van der Waals surface area contributed by atoms with E-state index in [2.05, 4.69) is 42.8 Å². The highest BCUT2D eigenvalue weighted by Crippen LogP contribution is 2.59. The van der Waals surface area contributed by atoms with Crippen molar-refractivity contribution in [2.45, 2.75) is 96.4 Å². The summed E-state index contributed by atoms with van der Waals surface area (Å²) in [6, 6.07) is -0.551. The van der Waals surface area contributed by atoms with Gasteiger partial charge in [0.05, 0.1) is 31.2 Å². The molecule has 13 heteroatoms. The van der Waals surface area contributed by atoms with Gasteiger partial charge in [0.15, 0.2) is 0 Å². The second kappa shape index (κ2) is 14.8. The van der Waals surface area contributed by atoms with Gasteiger partial charge in [-0.15, -0.1) is 0 Å². The second-order valence-corrected chi connectivity index (χ2v) is 12.7. The molecule has 2 heterocycles. The lowest BCUT2D eigenvalue weighted by atomic mass is 9.68. The predicted octanol–water partition coefficient (Wildman–Crippen LogP) is 2.13. The van der Waals surface area contributed by atoms with Crippen molar-refractivity contribution in [1.82, 2.24) is 20.9 Å². The number of hydrogen-bond acceptors (Lipinski definition) is 10. The molecule has 13 nitrogen and oxygen atoms in total. The van der Waals surface area contributed by atoms with Crippen LogP contribution in [0.25, 0.3) is 0 Å². The van der Waals surface area contributed by atoms with Gasteiger partial charge in [0.25, 0.3) is 0 Å². The summed E-state index contributed by atoms with van der Waals surface area (Å²) in [5.41, 5.74) is 0.460. The number of nitrogens with zero attached hydrogens (tertiary/aromatic N) is 1. The first kappa shape index (κ1) is 34.7. The molecule has 2 aliphatic heterocycles. The highest BCUT2D eigenvalue weighted by atomic mass is 16.6. The summed E-state index contributed by atoms with van der Waals surface area (Å²) in [7, 11) is 3.31. The number of rotatable bonds is 14. The maximum atomic E-state index is 13.0. The minimum absolute atomic E-state index is 0.0448. The predicted molar refractivity (Wildman–Crippen MR) is 157 cm³/mol. The number of carbonyl (C=O) groups is 4. The van der Waals surface area contributed by atoms with Gasteiger partial charge >= 0.3 is 12.2 Å². The molecule has 4 amide bonds. The highest BCUT2D eigenvalue weighted by Gasteiger charge is 2.72. The van der Waals surface area contributed by atoms with Gasteiger partial charge in [-0.25, -0.2) is 9.59 Å². The Bertz CT molecular complexity index is 1040. The Balaban J connectivity index is 1.50. The van der Waals surface area contributed by atoms with E-state index in [9.17, 15) is 19.2 Å². The van der Waals surface area contributed by atoms with Crippen LogP contribution in [0.15, 0.2) is 11.6 Å². The molecular weight excluding hydrogens is 560 g/mol. The Morgan fingerprint density at radius 2 is 1.84 bits per heavy atom. The van der Waals surface area contributed by atoms with Gasteiger partial charge in [0.2, 0.25) is 11.8 Å². The van der Waals surface area contributed by atoms with Crippen LogP contribution in [0.4, 0.5) is 9.59 Å². The summed E-state index contributed by atoms with van der Waals surface area (Å²) in [4.78, 5) is 50.1. The molecule has 0 aromatic heterocycles. The van der Waals surface area contributed by atoms with E-state index in [4.69, 9.17) is 23.7 Å². The third kappa shape index (κ3) is 9.62. The molecule has 0 aromatic carbocycles. The number of carbonyl (C=O) groups excluding carboxylic acids is 4. The summed E-state index contributed by atoms with van der Waals surface area (Å²) < 4.78 is 29.3. The maximum absolute atomic E-state index is 13.0. The Labute approximate surface area is 254 Å². The highest BCUT2D eigenvalue weighted by molar-refractivity contribution is 5.92. The van der Waals surface area contributed by atoms with Gasteiger partial charge in [-0.3, -0.25) is 19.8 Å². The Hall–Kier alpha value is -2.74. The molecule has 7 atom stereocenters. The van der Waals surface area contributed by atoms with Crippen molar-refractivity contribution in [3.8, 4) is 0 Å². The van der Waals surface area contributed by atoms with Crippen molar-refractivity contribution >= 4 is 24.0 Å². The zero-order valence-corrected chi connectivity index (χ0v) is 26.8. The molecule has 3 unspecified atom stereocenters. The Morgan fingerprint density at radius 3 is 2.42 bits per heavy atom. The standard InChI is InChI=1S/C30H50N4O9/c1-18(2)9-10-23-29(6,43-23)26-25(39-8)22(11-12-30(26)17-41-30)42-28(38)32-21(19(3)4)16-40-27(37)33-24(36)15-34(7)14-13-31-20(5)35/h9,19,21-23,25-26H,10-17H2,1-8H3,(H,31,35)(H,32,38)(H,33,36,37)/t21-,22?,23+,25?,26?,29-,30-/m0/s1. The van der Waals surface area contributed by atoms with Crippen molar-refractivity contribution in [3.63, 3.8) is 0 Å². The summed E-state index contributed by atoms with van der Waals surface area (Å²) in [5.74, 6) is -0.893. The molecule has 1 aliphatic carbocycles. The zero-order valence-electron chi connectivity index (χ0n) is 26.8. The first-order valence-corrected chi connectivity index (χ1v) is 15.1. The summed E-state index contributed by atoms with van der Waals surface area (Å²) in [5, 5.41) is 7.63. The summed E-state index contributed by atoms with van der Waals surface area (Å²) in [6.45, 7) is 12.6. The third-order valence-corrected chi connectivity index (χ3v) is 8.52. The summed E-state index contributed by atoms with van der Waals surface area (Å²) in [6.07, 6.45) is 1.87. The maximum Gasteiger partial charge on any atom is 0.413 e. The van der Waals surface area contributed by atoms with Crippen LogP contribution in [0.5, 0.6) is 0 Å². The number of ether oxygens (including phenoxy) is 5. The van der Waals surface area contributed by atoms with E-state index in [1.807, 2.05) is 13.8 Å². The van der Waals surface area contributed by atoms with Crippen LogP contribution >= 0.6 is 0 Å². The summed E-state index contributed by atoms with van der Waals surface area (Å²) >= 11 is 0. The van der Waals surface area contributed by atoms with Crippen LogP contribution < -0.4 is 16.0 Å². The van der Waals surface area contributed by atoms with Gasteiger partial charge < -0.3 is 34.3 Å². The lowest BCUT2D eigenvalue weighted by molar-refractivity contribution is -0.121. The molecule has 3 N–H and O–H groups in total. The van der Waals surface area contributed by atoms with Gasteiger partial charge in [-0.1, -0.05) is 25.5 Å². The van der Waals surface area contributed by atoms with Crippen LogP contribution in [0.1, 0.15) is 60.8 Å². The Morgan fingerprint density at radius 1 is 1.14 bits per heavy atom. The fraction of sp³-hybridized carbons (Fsp3) is 0.800. The first-order valence-electron chi connectivity index (χ1n) is 15.1. The van der Waals surface area contributed by atoms with E-state index in [-0.39, 0.29) is 42.6 Å². The van der Waals surface area contributed by atoms with E-state index in [0.717, 1.165) is 12.8 Å². The van der Waals surface area contributed by atoms with Crippen molar-refractivity contribution < 1.29 is 42.9 Å². The lowest BCUT2D eigenvalue weighted by Crippen LogP contribution is -2.56. The van der Waals surface area contributed by atoms with Gasteiger partial charge in [-0.05, 0) is 53.0 Å². The molecule has 0 bridgehead atoms. The number of imide groups is 1. The van der Waals surface area contributed by atoms with Crippen LogP contribution in [-0.4, -0.2) is 111 Å². The van der Waals surface area contributed by atoms with Gasteiger partial charge in [-0.2, -0.15) is 0 Å². The molecule has 1 saturated carbocycles. The number of epoxide rings is 2. The average molecular weight is 611 g/mol. The number of amides is 4. The number of likely N-dealkylation sites (N-methyl/N-ethyl adjacent to an activating group) is 1. The van der Waals surface area contributed by atoms with E-state index in [1.165, 1.54) is 12.5 Å². The second-order valence-electron chi connectivity index (χ2n) is 12.7. The molecule has 43 heavy (non-hydrogen) atoms. The number of hydrogen-bond donors (Lipinski definition) is 3. The molecule has 3 aliphatic rings. The fourth-order valence-corrected chi connectivity index (χ4v) is 5.90. The van der Waals surface area contributed by atoms with E-state index < -0.39 is 41.9 Å². The van der Waals surface area contributed by atoms with Crippen molar-refractivity contribution in [2.75, 3.05) is 47.0 Å². The normalized spacial score (nSPS) is 29.9. The molecular formula is C30H50N4O9. The molecule has 0 radical (unpaired) electrons. The van der Waals surface area contributed by atoms with E-state index in [1.54, 1.807) is 19.1 Å². The topological polar surface area (TPSA) is 160 Å². The average Bonchev–Trinajstić information content (AvgIpc) is 3.82. The van der Waals surface area contributed by atoms with Crippen molar-refractivity contribution in [2.24, 2.45) is 11.8 Å². The molecule has 3 rings (SSSR count). The van der Waals surface area contributed by atoms with Crippen molar-refractivity contribution in [3.05, 3.63) is 11.6 Å². The number of methoxy groups -OCH3 is 1. The lowest BCUT2D eigenvalue weighted by Gasteiger charge is -2.42. The quantitative estimate of drug-likeness (QED) is 0.196. The van der Waals surface area contributed by atoms with Crippen LogP contribution in [0.3, 0.4) is 0 Å². The fourth-order valence-electron chi connectivity index (χ4n) is 5.90. The Kier molecular flexibility index (Phi) is 12.0. The van der Waals surface area contributed by atoms with Gasteiger partial charge in [0.1, 0.15) is 30.0 Å². The van der Waals surface area contributed by atoms with Crippen LogP contribution in [0.2, 0.25) is 0 Å². The molecule has 1 spiro atoms. The van der Waals surface area contributed by atoms with E-state index in [0.29, 0.717) is 26.1 Å². The minimum atomic E-state index is -0.911. The number of allylic oxidation sites excluding steroid dienone is 1. The van der Waals surface area contributed by atoms with E-state index >= 15 is 0 Å². The molecule has 3 fully saturated rings. The largest absolute Gasteiger partial charge is 0.447 e. The minimum Gasteiger partial charge on any atom is -0.447 e. The van der Waals surface area contributed by atoms with Crippen molar-refractivity contribution in [1.29, 1.82) is 0 Å². The smallest absolute Gasteiger partial charge is 0.413 e. The van der Waals surface area contributed by atoms with Crippen LogP contribution in [-0.2, 0) is 33.3 Å². The number of alkyl carbamates (subject to hydrolysis) is 2. The monoisotopic (exact) mass is 610 g/mol. The van der Waals surface area contributed by atoms with Crippen LogP contribution in [0, 0.1) is 11.8 Å². The zero-order chi connectivity index (χ0) is 31.9. The number of nitrogens with one attached hydrogen (secondary N) is 3. The molecule has 0 aromatic rings. The first-order chi connectivity index (χ1) is 20.2. The van der Waals surface area contributed by atoms with Gasteiger partial charge in [0, 0.05) is 27.1 Å². The molecule has 2 saturated heterocycles. The SMILES string of the molecule is COC1C(OC(=O)N[C@@H](COC(=O)NC(=O)CN(C)CCNC(C)=O)C(C)C)CC[C@]2(CO2)C1[C@@]1(C)O[C@@H]1CC=C(C)C. The molecule has 244 valence electrons. The third-order valence-electron chi connectivity index (χ3n) is 8.52.